The number of phenols is 2. The van der Waals surface area contributed by atoms with Gasteiger partial charge in [0, 0.05) is 39.5 Å². The molecule has 0 radical (unpaired) electrons. The van der Waals surface area contributed by atoms with E-state index >= 15 is 0 Å². The number of phenolic OH excluding ortho intramolecular Hbond substituents is 2. The van der Waals surface area contributed by atoms with Gasteiger partial charge in [-0.1, -0.05) is 36.4 Å². The maximum atomic E-state index is 13.2. The Morgan fingerprint density at radius 1 is 0.452 bits per heavy atom. The van der Waals surface area contributed by atoms with Crippen LogP contribution in [0, 0.1) is 0 Å². The molecule has 0 saturated heterocycles. The first-order valence-corrected chi connectivity index (χ1v) is 26.9. The van der Waals surface area contributed by atoms with Crippen LogP contribution in [0.1, 0.15) is 20.7 Å². The maximum absolute atomic E-state index is 13.2. The first-order valence-electron chi connectivity index (χ1n) is 20.7. The normalized spacial score (nSPS) is 12.4. The van der Waals surface area contributed by atoms with Crippen LogP contribution >= 0.6 is 0 Å². The molecule has 372 valence electrons. The lowest BCUT2D eigenvalue weighted by Gasteiger charge is -2.15. The Balaban J connectivity index is 1.05. The van der Waals surface area contributed by atoms with Gasteiger partial charge >= 0.3 is 0 Å². The lowest BCUT2D eigenvalue weighted by Crippen LogP contribution is -2.13. The highest BCUT2D eigenvalue weighted by Gasteiger charge is 2.28. The topological polar surface area (TPSA) is 357 Å². The van der Waals surface area contributed by atoms with E-state index < -0.39 is 89.6 Å². The van der Waals surface area contributed by atoms with Gasteiger partial charge in [0.1, 0.15) is 21.2 Å². The molecule has 0 saturated carbocycles. The third-order valence-electron chi connectivity index (χ3n) is 10.7. The van der Waals surface area contributed by atoms with E-state index in [0.717, 1.165) is 42.7 Å². The molecule has 0 aliphatic heterocycles. The van der Waals surface area contributed by atoms with E-state index in [1.165, 1.54) is 60.7 Å². The molecule has 0 aromatic heterocycles. The van der Waals surface area contributed by atoms with Crippen molar-refractivity contribution < 1.29 is 67.1 Å². The van der Waals surface area contributed by atoms with Crippen LogP contribution in [0.2, 0.25) is 0 Å². The molecule has 8 rings (SSSR count). The molecule has 22 nitrogen and oxygen atoms in total. The zero-order valence-electron chi connectivity index (χ0n) is 37.1. The van der Waals surface area contributed by atoms with Crippen molar-refractivity contribution >= 4 is 119 Å². The number of hydrogen-bond donors (Lipinski definition) is 8. The maximum Gasteiger partial charge on any atom is 0.296 e. The molecule has 8 N–H and O–H groups in total. The van der Waals surface area contributed by atoms with Crippen LogP contribution < -0.4 is 16.0 Å². The summed E-state index contributed by atoms with van der Waals surface area (Å²) >= 11 is 0. The number of azo groups is 2. The first-order chi connectivity index (χ1) is 34.3. The number of carbonyl (C=O) groups excluding carboxylic acids is 2. The van der Waals surface area contributed by atoms with Crippen molar-refractivity contribution in [2.75, 3.05) is 22.2 Å². The van der Waals surface area contributed by atoms with Gasteiger partial charge in [0.2, 0.25) is 0 Å². The molecule has 0 aliphatic carbocycles. The summed E-state index contributed by atoms with van der Waals surface area (Å²) < 4.78 is 130. The highest BCUT2D eigenvalue weighted by Crippen LogP contribution is 2.47. The Morgan fingerprint density at radius 2 is 0.822 bits per heavy atom. The average molecular weight is 1070 g/mol. The number of hydrogen-bond acceptors (Lipinski definition) is 17. The Hall–Kier alpha value is -8.50. The molecular formula is C47H35N7O15S4. The predicted molar refractivity (Wildman–Crippen MR) is 267 cm³/mol. The summed E-state index contributed by atoms with van der Waals surface area (Å²) in [5, 5.41) is 45.9. The van der Waals surface area contributed by atoms with E-state index in [1.807, 2.05) is 0 Å². The van der Waals surface area contributed by atoms with Crippen LogP contribution in [0.5, 0.6) is 11.5 Å². The third-order valence-corrected chi connectivity index (χ3v) is 14.3. The zero-order valence-corrected chi connectivity index (χ0v) is 40.4. The molecule has 73 heavy (non-hydrogen) atoms. The van der Waals surface area contributed by atoms with Crippen LogP contribution in [0.4, 0.5) is 45.5 Å². The van der Waals surface area contributed by atoms with E-state index in [0.29, 0.717) is 11.4 Å². The van der Waals surface area contributed by atoms with Crippen LogP contribution in [-0.4, -0.2) is 75.6 Å². The van der Waals surface area contributed by atoms with Gasteiger partial charge in [0.15, 0.2) is 21.3 Å². The van der Waals surface area contributed by atoms with Crippen molar-refractivity contribution in [2.24, 2.45) is 20.5 Å². The Labute approximate surface area is 414 Å². The molecule has 26 heteroatoms. The van der Waals surface area contributed by atoms with Gasteiger partial charge < -0.3 is 26.2 Å². The number of sulfone groups is 1. The van der Waals surface area contributed by atoms with Gasteiger partial charge in [-0.3, -0.25) is 23.2 Å². The number of nitrogens with zero attached hydrogens (tertiary/aromatic N) is 4. The molecule has 0 unspecified atom stereocenters. The van der Waals surface area contributed by atoms with Crippen molar-refractivity contribution in [2.45, 2.75) is 19.6 Å². The van der Waals surface area contributed by atoms with E-state index in [1.54, 1.807) is 48.5 Å². The molecular weight excluding hydrogens is 1030 g/mol. The van der Waals surface area contributed by atoms with Crippen molar-refractivity contribution in [1.82, 2.24) is 0 Å². The van der Waals surface area contributed by atoms with E-state index in [2.05, 4.69) is 36.4 Å². The quantitative estimate of drug-likeness (QED) is 0.0371. The van der Waals surface area contributed by atoms with Gasteiger partial charge in [-0.25, -0.2) is 8.42 Å². The number of anilines is 4. The number of carbonyl (C=O) groups is 2. The second-order valence-electron chi connectivity index (χ2n) is 15.7. The Kier molecular flexibility index (Phi) is 13.7. The standard InChI is InChI=1S/C47H35N7O15S4/c1-70(59,60)34-20-28-22-38(72(64,65)66)42(44(55)40(28)36(24-34)49-46(57)26-8-4-2-5-9-26)53-51-32-16-12-30(13-17-32)48-31-14-18-33(19-15-31)52-54-43-39(73(67,68)69)23-29-21-35(71(61,62)63)25-37(41(29)45(43)56)50-47(58)27-10-6-3-7-11-27/h2-25,48,55-56H,1H3,(H,49,57)(H,50,58)(H,61,62,63)(H,64,65,66)(H,67,68,69)/b53-51+,54-52+. The fourth-order valence-corrected chi connectivity index (χ4v) is 9.77. The number of rotatable bonds is 14. The SMILES string of the molecule is CS(=O)(=O)c1cc(NC(=O)c2ccccc2)c2c(O)c(/N=N/c3ccc(Nc4ccc(/N=N/c5c(S(=O)(=O)O)cc6cc(S(=O)(=O)O)cc(NC(=O)c7ccccc7)c6c5O)cc4)cc3)c(S(=O)(=O)O)cc2c1. The number of aromatic hydroxyl groups is 2. The van der Waals surface area contributed by atoms with Gasteiger partial charge in [0.05, 0.1) is 32.5 Å². The minimum absolute atomic E-state index is 0.101. The summed E-state index contributed by atoms with van der Waals surface area (Å²) in [5.41, 5.74) is -0.616. The summed E-state index contributed by atoms with van der Waals surface area (Å²) in [6.07, 6.45) is 0.886. The van der Waals surface area contributed by atoms with Crippen LogP contribution in [0.15, 0.2) is 186 Å². The highest BCUT2D eigenvalue weighted by molar-refractivity contribution is 7.90. The van der Waals surface area contributed by atoms with Crippen LogP contribution in [-0.2, 0) is 40.2 Å². The lowest BCUT2D eigenvalue weighted by molar-refractivity contribution is 0.101. The van der Waals surface area contributed by atoms with Gasteiger partial charge in [-0.2, -0.15) is 35.5 Å². The fraction of sp³-hybridized carbons (Fsp3) is 0.0213. The van der Waals surface area contributed by atoms with E-state index in [4.69, 9.17) is 0 Å². The summed E-state index contributed by atoms with van der Waals surface area (Å²) in [6.45, 7) is 0. The lowest BCUT2D eigenvalue weighted by atomic mass is 10.1. The monoisotopic (exact) mass is 1070 g/mol. The summed E-state index contributed by atoms with van der Waals surface area (Å²) in [4.78, 5) is 23.2. The van der Waals surface area contributed by atoms with E-state index in [9.17, 15) is 67.1 Å². The molecule has 0 spiro atoms. The molecule has 8 aromatic carbocycles. The zero-order chi connectivity index (χ0) is 52.6. The predicted octanol–water partition coefficient (Wildman–Crippen LogP) is 9.63. The molecule has 0 fully saturated rings. The van der Waals surface area contributed by atoms with Gasteiger partial charge in [-0.15, -0.1) is 10.2 Å². The largest absolute Gasteiger partial charge is 0.505 e. The number of nitrogens with one attached hydrogen (secondary N) is 3. The summed E-state index contributed by atoms with van der Waals surface area (Å²) in [7, 11) is -19.2. The van der Waals surface area contributed by atoms with Gasteiger partial charge in [0.25, 0.3) is 42.2 Å². The minimum atomic E-state index is -5.19. The van der Waals surface area contributed by atoms with Crippen molar-refractivity contribution in [1.29, 1.82) is 0 Å². The molecule has 0 aliphatic rings. The van der Waals surface area contributed by atoms with Crippen LogP contribution in [0.25, 0.3) is 21.5 Å². The van der Waals surface area contributed by atoms with Crippen molar-refractivity contribution in [3.8, 4) is 11.5 Å². The van der Waals surface area contributed by atoms with Crippen molar-refractivity contribution in [3.05, 3.63) is 157 Å². The smallest absolute Gasteiger partial charge is 0.296 e. The Bertz CT molecular complexity index is 3820. The molecule has 0 bridgehead atoms. The average Bonchev–Trinajstić information content (AvgIpc) is 3.33. The second-order valence-corrected chi connectivity index (χ2v) is 22.0. The van der Waals surface area contributed by atoms with Crippen LogP contribution in [0.3, 0.4) is 0 Å². The number of fused-ring (bicyclic) bond motifs is 2. The summed E-state index contributed by atoms with van der Waals surface area (Å²) in [5.74, 6) is -3.24. The molecule has 0 heterocycles. The second kappa shape index (κ2) is 19.6. The number of amides is 2. The Morgan fingerprint density at radius 3 is 1.18 bits per heavy atom. The van der Waals surface area contributed by atoms with Crippen molar-refractivity contribution in [3.63, 3.8) is 0 Å². The molecule has 8 aromatic rings. The first kappa shape index (κ1) is 50.9. The number of benzene rings is 8. The van der Waals surface area contributed by atoms with Gasteiger partial charge in [-0.05, 0) is 120 Å². The molecule has 0 atom stereocenters. The highest BCUT2D eigenvalue weighted by atomic mass is 32.2. The molecule has 2 amide bonds. The fourth-order valence-electron chi connectivity index (χ4n) is 7.24. The third kappa shape index (κ3) is 11.3. The minimum Gasteiger partial charge on any atom is -0.505 e. The summed E-state index contributed by atoms with van der Waals surface area (Å²) in [6, 6.07) is 32.9. The van der Waals surface area contributed by atoms with E-state index in [-0.39, 0.29) is 60.3 Å².